The van der Waals surface area contributed by atoms with Crippen molar-refractivity contribution >= 4 is 0 Å². The fraction of sp³-hybridized carbons (Fsp3) is 0.833. The Kier molecular flexibility index (Phi) is 4.12. The summed E-state index contributed by atoms with van der Waals surface area (Å²) < 4.78 is 5.14. The van der Waals surface area contributed by atoms with E-state index in [1.807, 2.05) is 13.8 Å². The number of piperidine rings is 1. The summed E-state index contributed by atoms with van der Waals surface area (Å²) in [6, 6.07) is 0.237. The number of aryl methyl sites for hydroxylation is 1. The van der Waals surface area contributed by atoms with E-state index >= 15 is 0 Å². The van der Waals surface area contributed by atoms with E-state index in [0.29, 0.717) is 18.3 Å². The van der Waals surface area contributed by atoms with E-state index < -0.39 is 0 Å². The second-order valence-corrected chi connectivity index (χ2v) is 4.74. The number of rotatable bonds is 4. The molecule has 1 aliphatic rings. The number of hydrogen-bond donors (Lipinski definition) is 1. The highest BCUT2D eigenvalue weighted by Crippen LogP contribution is 2.22. The third-order valence-electron chi connectivity index (χ3n) is 3.43. The van der Waals surface area contributed by atoms with E-state index in [1.54, 1.807) is 0 Å². The van der Waals surface area contributed by atoms with Crippen LogP contribution in [0.2, 0.25) is 0 Å². The van der Waals surface area contributed by atoms with Crippen LogP contribution in [0, 0.1) is 6.92 Å². The number of aromatic nitrogens is 2. The van der Waals surface area contributed by atoms with Crippen LogP contribution in [0.15, 0.2) is 4.52 Å². The van der Waals surface area contributed by atoms with E-state index in [9.17, 15) is 5.11 Å². The van der Waals surface area contributed by atoms with Crippen LogP contribution in [0.1, 0.15) is 44.3 Å². The van der Waals surface area contributed by atoms with Crippen molar-refractivity contribution < 1.29 is 9.63 Å². The predicted octanol–water partition coefficient (Wildman–Crippen LogP) is 1.50. The van der Waals surface area contributed by atoms with Gasteiger partial charge in [0.15, 0.2) is 5.82 Å². The molecular formula is C12H21N3O2. The first-order valence-electron chi connectivity index (χ1n) is 6.42. The molecule has 2 atom stereocenters. The normalized spacial score (nSPS) is 23.8. The number of nitrogens with zero attached hydrogens (tertiary/aromatic N) is 3. The van der Waals surface area contributed by atoms with Crippen molar-refractivity contribution in [3.05, 3.63) is 11.7 Å². The maximum Gasteiger partial charge on any atom is 0.240 e. The molecule has 1 aromatic rings. The maximum atomic E-state index is 10.0. The minimum Gasteiger partial charge on any atom is -0.392 e. The van der Waals surface area contributed by atoms with Crippen LogP contribution in [0.4, 0.5) is 0 Å². The summed E-state index contributed by atoms with van der Waals surface area (Å²) in [7, 11) is 0. The standard InChI is InChI=1S/C12H21N3O2/c1-3-11(16)10-6-4-5-7-15(10)8-12-13-9(2)14-17-12/h10-11,16H,3-8H2,1-2H3. The SMILES string of the molecule is CCC(O)C1CCCCN1Cc1nc(C)no1. The third-order valence-corrected chi connectivity index (χ3v) is 3.43. The molecule has 0 saturated carbocycles. The van der Waals surface area contributed by atoms with Gasteiger partial charge in [-0.05, 0) is 32.7 Å². The van der Waals surface area contributed by atoms with Gasteiger partial charge in [0.1, 0.15) is 0 Å². The molecule has 0 bridgehead atoms. The van der Waals surface area contributed by atoms with Gasteiger partial charge in [0, 0.05) is 6.04 Å². The third kappa shape index (κ3) is 3.04. The van der Waals surface area contributed by atoms with Crippen molar-refractivity contribution in [2.75, 3.05) is 6.54 Å². The molecule has 5 nitrogen and oxygen atoms in total. The van der Waals surface area contributed by atoms with E-state index in [-0.39, 0.29) is 12.1 Å². The molecule has 5 heteroatoms. The minimum absolute atomic E-state index is 0.237. The van der Waals surface area contributed by atoms with Crippen LogP contribution in [-0.4, -0.2) is 38.8 Å². The lowest BCUT2D eigenvalue weighted by Crippen LogP contribution is -2.46. The van der Waals surface area contributed by atoms with Crippen molar-refractivity contribution in [3.8, 4) is 0 Å². The van der Waals surface area contributed by atoms with Crippen LogP contribution >= 0.6 is 0 Å². The summed E-state index contributed by atoms with van der Waals surface area (Å²) in [4.78, 5) is 6.49. The number of hydrogen-bond acceptors (Lipinski definition) is 5. The molecular weight excluding hydrogens is 218 g/mol. The van der Waals surface area contributed by atoms with Crippen molar-refractivity contribution in [3.63, 3.8) is 0 Å². The fourth-order valence-electron chi connectivity index (χ4n) is 2.50. The molecule has 1 aromatic heterocycles. The van der Waals surface area contributed by atoms with Crippen LogP contribution < -0.4 is 0 Å². The maximum absolute atomic E-state index is 10.0. The molecule has 1 aliphatic heterocycles. The Morgan fingerprint density at radius 1 is 1.53 bits per heavy atom. The lowest BCUT2D eigenvalue weighted by Gasteiger charge is -2.37. The molecule has 1 saturated heterocycles. The Labute approximate surface area is 102 Å². The number of aliphatic hydroxyl groups excluding tert-OH is 1. The van der Waals surface area contributed by atoms with Gasteiger partial charge in [-0.3, -0.25) is 4.90 Å². The highest BCUT2D eigenvalue weighted by Gasteiger charge is 2.28. The monoisotopic (exact) mass is 239 g/mol. The van der Waals surface area contributed by atoms with Crippen LogP contribution in [0.25, 0.3) is 0 Å². The zero-order valence-electron chi connectivity index (χ0n) is 10.6. The zero-order chi connectivity index (χ0) is 12.3. The van der Waals surface area contributed by atoms with Gasteiger partial charge >= 0.3 is 0 Å². The molecule has 96 valence electrons. The molecule has 0 aliphatic carbocycles. The quantitative estimate of drug-likeness (QED) is 0.862. The average molecular weight is 239 g/mol. The van der Waals surface area contributed by atoms with Crippen LogP contribution in [0.5, 0.6) is 0 Å². The molecule has 2 rings (SSSR count). The van der Waals surface area contributed by atoms with Gasteiger partial charge in [-0.1, -0.05) is 18.5 Å². The van der Waals surface area contributed by atoms with Crippen molar-refractivity contribution in [2.24, 2.45) is 0 Å². The summed E-state index contributed by atoms with van der Waals surface area (Å²) in [6.07, 6.45) is 3.98. The Balaban J connectivity index is 2.01. The van der Waals surface area contributed by atoms with E-state index in [2.05, 4.69) is 15.0 Å². The first kappa shape index (κ1) is 12.5. The van der Waals surface area contributed by atoms with Gasteiger partial charge in [-0.2, -0.15) is 4.98 Å². The average Bonchev–Trinajstić information content (AvgIpc) is 2.74. The lowest BCUT2D eigenvalue weighted by atomic mass is 9.96. The Morgan fingerprint density at radius 3 is 3.00 bits per heavy atom. The molecule has 17 heavy (non-hydrogen) atoms. The van der Waals surface area contributed by atoms with Gasteiger partial charge in [0.05, 0.1) is 12.6 Å². The van der Waals surface area contributed by atoms with Crippen molar-refractivity contribution in [1.82, 2.24) is 15.0 Å². The second kappa shape index (κ2) is 5.60. The molecule has 1 N–H and O–H groups in total. The topological polar surface area (TPSA) is 62.4 Å². The van der Waals surface area contributed by atoms with E-state index in [1.165, 1.54) is 12.8 Å². The summed E-state index contributed by atoms with van der Waals surface area (Å²) in [5.41, 5.74) is 0. The van der Waals surface area contributed by atoms with Crippen LogP contribution in [-0.2, 0) is 6.54 Å². The molecule has 0 radical (unpaired) electrons. The summed E-state index contributed by atoms with van der Waals surface area (Å²) in [5, 5.41) is 13.8. The van der Waals surface area contributed by atoms with E-state index in [4.69, 9.17) is 4.52 Å². The Hall–Kier alpha value is -0.940. The molecule has 1 fully saturated rings. The smallest absolute Gasteiger partial charge is 0.240 e. The molecule has 0 spiro atoms. The van der Waals surface area contributed by atoms with Gasteiger partial charge in [0.2, 0.25) is 5.89 Å². The fourth-order valence-corrected chi connectivity index (χ4v) is 2.50. The first-order chi connectivity index (χ1) is 8.20. The summed E-state index contributed by atoms with van der Waals surface area (Å²) in [5.74, 6) is 1.32. The molecule has 0 aromatic carbocycles. The van der Waals surface area contributed by atoms with Crippen LogP contribution in [0.3, 0.4) is 0 Å². The van der Waals surface area contributed by atoms with Gasteiger partial charge in [-0.25, -0.2) is 0 Å². The van der Waals surface area contributed by atoms with Gasteiger partial charge < -0.3 is 9.63 Å². The predicted molar refractivity (Wildman–Crippen MR) is 63.4 cm³/mol. The Bertz CT molecular complexity index is 353. The summed E-state index contributed by atoms with van der Waals surface area (Å²) in [6.45, 7) is 5.50. The zero-order valence-corrected chi connectivity index (χ0v) is 10.6. The highest BCUT2D eigenvalue weighted by atomic mass is 16.5. The highest BCUT2D eigenvalue weighted by molar-refractivity contribution is 4.88. The largest absolute Gasteiger partial charge is 0.392 e. The molecule has 0 amide bonds. The molecule has 2 heterocycles. The summed E-state index contributed by atoms with van der Waals surface area (Å²) >= 11 is 0. The van der Waals surface area contributed by atoms with Crippen molar-refractivity contribution in [1.29, 1.82) is 0 Å². The minimum atomic E-state index is -0.251. The van der Waals surface area contributed by atoms with Gasteiger partial charge in [0.25, 0.3) is 0 Å². The molecule has 2 unspecified atom stereocenters. The second-order valence-electron chi connectivity index (χ2n) is 4.74. The Morgan fingerprint density at radius 2 is 2.35 bits per heavy atom. The van der Waals surface area contributed by atoms with Crippen molar-refractivity contribution in [2.45, 2.75) is 58.2 Å². The van der Waals surface area contributed by atoms with Gasteiger partial charge in [-0.15, -0.1) is 0 Å². The lowest BCUT2D eigenvalue weighted by molar-refractivity contribution is 0.0145. The number of likely N-dealkylation sites (tertiary alicyclic amines) is 1. The number of aliphatic hydroxyl groups is 1. The van der Waals surface area contributed by atoms with E-state index in [0.717, 1.165) is 19.4 Å². The first-order valence-corrected chi connectivity index (χ1v) is 6.42.